The topological polar surface area (TPSA) is 174 Å². The minimum absolute atomic E-state index is 0.0515. The van der Waals surface area contributed by atoms with Crippen molar-refractivity contribution in [2.75, 3.05) is 13.1 Å². The molecule has 1 aromatic carbocycles. The van der Waals surface area contributed by atoms with Crippen molar-refractivity contribution in [3.8, 4) is 0 Å². The van der Waals surface area contributed by atoms with Crippen LogP contribution in [0.1, 0.15) is 24.8 Å². The van der Waals surface area contributed by atoms with E-state index in [1.165, 1.54) is 0 Å². The normalized spacial score (nSPS) is 17.2. The fraction of sp³-hybridized carbons (Fsp3) is 0.450. The average Bonchev–Trinajstić information content (AvgIpc) is 3.26. The Bertz CT molecular complexity index is 809. The molecular formula is C20H26N4O7. The van der Waals surface area contributed by atoms with Crippen LogP contribution in [0.4, 0.5) is 0 Å². The summed E-state index contributed by atoms with van der Waals surface area (Å²) in [5.41, 5.74) is 0.701. The predicted molar refractivity (Wildman–Crippen MR) is 108 cm³/mol. The molecule has 1 heterocycles. The third-order valence-corrected chi connectivity index (χ3v) is 4.73. The van der Waals surface area contributed by atoms with Gasteiger partial charge in [-0.15, -0.1) is 0 Å². The second-order valence-corrected chi connectivity index (χ2v) is 7.17. The molecule has 3 atom stereocenters. The molecule has 0 aromatic heterocycles. The highest BCUT2D eigenvalue weighted by atomic mass is 16.4. The fourth-order valence-corrected chi connectivity index (χ4v) is 3.15. The van der Waals surface area contributed by atoms with Crippen molar-refractivity contribution < 1.29 is 34.2 Å². The monoisotopic (exact) mass is 434 g/mol. The molecule has 0 aliphatic carbocycles. The molecule has 3 amide bonds. The number of hydrogen-bond donors (Lipinski definition) is 6. The van der Waals surface area contributed by atoms with Crippen LogP contribution in [0.15, 0.2) is 30.3 Å². The van der Waals surface area contributed by atoms with E-state index in [0.717, 1.165) is 13.0 Å². The Morgan fingerprint density at radius 2 is 1.74 bits per heavy atom. The van der Waals surface area contributed by atoms with E-state index in [4.69, 9.17) is 10.2 Å². The van der Waals surface area contributed by atoms with Crippen molar-refractivity contribution in [1.82, 2.24) is 21.3 Å². The fourth-order valence-electron chi connectivity index (χ4n) is 3.15. The summed E-state index contributed by atoms with van der Waals surface area (Å²) in [4.78, 5) is 59.1. The molecule has 1 aliphatic rings. The molecule has 0 bridgehead atoms. The van der Waals surface area contributed by atoms with Crippen molar-refractivity contribution in [3.63, 3.8) is 0 Å². The Morgan fingerprint density at radius 3 is 2.32 bits per heavy atom. The maximum absolute atomic E-state index is 12.6. The molecule has 11 heteroatoms. The Kier molecular flexibility index (Phi) is 8.94. The smallest absolute Gasteiger partial charge is 0.326 e. The van der Waals surface area contributed by atoms with Gasteiger partial charge in [0.25, 0.3) is 0 Å². The first-order chi connectivity index (χ1) is 14.8. The number of hydrogen-bond acceptors (Lipinski definition) is 6. The predicted octanol–water partition coefficient (Wildman–Crippen LogP) is -1.37. The van der Waals surface area contributed by atoms with Gasteiger partial charge in [-0.2, -0.15) is 0 Å². The summed E-state index contributed by atoms with van der Waals surface area (Å²) < 4.78 is 0. The van der Waals surface area contributed by atoms with Gasteiger partial charge >= 0.3 is 11.9 Å². The summed E-state index contributed by atoms with van der Waals surface area (Å²) in [6.45, 7) is 0.373. The van der Waals surface area contributed by atoms with Gasteiger partial charge in [0, 0.05) is 6.42 Å². The first-order valence-electron chi connectivity index (χ1n) is 9.85. The number of benzene rings is 1. The summed E-state index contributed by atoms with van der Waals surface area (Å²) in [5.74, 6) is -4.68. The van der Waals surface area contributed by atoms with Crippen molar-refractivity contribution in [2.45, 2.75) is 43.8 Å². The number of nitrogens with one attached hydrogen (secondary N) is 4. The highest BCUT2D eigenvalue weighted by molar-refractivity contribution is 5.93. The molecule has 0 spiro atoms. The quantitative estimate of drug-likeness (QED) is 0.247. The maximum Gasteiger partial charge on any atom is 0.326 e. The van der Waals surface area contributed by atoms with Crippen LogP contribution in [0, 0.1) is 0 Å². The molecular weight excluding hydrogens is 408 g/mol. The van der Waals surface area contributed by atoms with Crippen molar-refractivity contribution in [3.05, 3.63) is 35.9 Å². The minimum Gasteiger partial charge on any atom is -0.481 e. The molecule has 2 rings (SSSR count). The number of rotatable bonds is 11. The largest absolute Gasteiger partial charge is 0.481 e. The zero-order valence-corrected chi connectivity index (χ0v) is 16.8. The second-order valence-electron chi connectivity index (χ2n) is 7.17. The van der Waals surface area contributed by atoms with Gasteiger partial charge in [-0.1, -0.05) is 30.3 Å². The summed E-state index contributed by atoms with van der Waals surface area (Å²) in [6.07, 6.45) is 0.783. The molecule has 1 aliphatic heterocycles. The van der Waals surface area contributed by atoms with Gasteiger partial charge in [0.2, 0.25) is 17.7 Å². The summed E-state index contributed by atoms with van der Waals surface area (Å²) in [7, 11) is 0. The first-order valence-corrected chi connectivity index (χ1v) is 9.85. The van der Waals surface area contributed by atoms with Crippen LogP contribution in [0.5, 0.6) is 0 Å². The van der Waals surface area contributed by atoms with Crippen molar-refractivity contribution in [1.29, 1.82) is 0 Å². The molecule has 31 heavy (non-hydrogen) atoms. The Balaban J connectivity index is 2.01. The van der Waals surface area contributed by atoms with E-state index < -0.39 is 42.3 Å². The van der Waals surface area contributed by atoms with Crippen LogP contribution < -0.4 is 21.3 Å². The van der Waals surface area contributed by atoms with Crippen LogP contribution in [0.25, 0.3) is 0 Å². The summed E-state index contributed by atoms with van der Waals surface area (Å²) in [5, 5.41) is 28.1. The number of carbonyl (C=O) groups excluding carboxylic acids is 3. The van der Waals surface area contributed by atoms with Gasteiger partial charge in [-0.05, 0) is 24.9 Å². The van der Waals surface area contributed by atoms with E-state index in [2.05, 4.69) is 21.3 Å². The molecule has 1 saturated heterocycles. The van der Waals surface area contributed by atoms with E-state index in [9.17, 15) is 24.0 Å². The van der Waals surface area contributed by atoms with Gasteiger partial charge in [0.15, 0.2) is 0 Å². The van der Waals surface area contributed by atoms with Crippen molar-refractivity contribution >= 4 is 29.7 Å². The number of carboxylic acids is 2. The Morgan fingerprint density at radius 1 is 1.03 bits per heavy atom. The molecule has 3 unspecified atom stereocenters. The summed E-state index contributed by atoms with van der Waals surface area (Å²) in [6, 6.07) is 5.55. The third kappa shape index (κ3) is 8.05. The van der Waals surface area contributed by atoms with Crippen molar-refractivity contribution in [2.24, 2.45) is 0 Å². The number of carbonyl (C=O) groups is 5. The second kappa shape index (κ2) is 11.6. The zero-order valence-electron chi connectivity index (χ0n) is 16.8. The van der Waals surface area contributed by atoms with E-state index >= 15 is 0 Å². The Hall–Kier alpha value is -3.47. The van der Waals surface area contributed by atoms with Crippen LogP contribution in [-0.4, -0.2) is 71.1 Å². The maximum atomic E-state index is 12.6. The van der Waals surface area contributed by atoms with Crippen LogP contribution >= 0.6 is 0 Å². The lowest BCUT2D eigenvalue weighted by Crippen LogP contribution is -2.54. The lowest BCUT2D eigenvalue weighted by molar-refractivity contribution is -0.147. The van der Waals surface area contributed by atoms with E-state index in [0.29, 0.717) is 12.0 Å². The van der Waals surface area contributed by atoms with E-state index in [1.807, 2.05) is 0 Å². The van der Waals surface area contributed by atoms with Gasteiger partial charge in [0.1, 0.15) is 12.1 Å². The molecule has 11 nitrogen and oxygen atoms in total. The highest BCUT2D eigenvalue weighted by Gasteiger charge is 2.29. The van der Waals surface area contributed by atoms with Crippen LogP contribution in [0.2, 0.25) is 0 Å². The lowest BCUT2D eigenvalue weighted by Gasteiger charge is -2.21. The minimum atomic E-state index is -1.65. The molecule has 1 aromatic rings. The van der Waals surface area contributed by atoms with Gasteiger partial charge in [-0.25, -0.2) is 4.79 Å². The SMILES string of the molecule is O=C(O)CC(NC(=O)C(Cc1ccccc1)NC(=O)CNC(=O)C1CCCN1)C(=O)O. The molecule has 6 N–H and O–H groups in total. The molecule has 168 valence electrons. The third-order valence-electron chi connectivity index (χ3n) is 4.73. The molecule has 0 radical (unpaired) electrons. The van der Waals surface area contributed by atoms with Gasteiger partial charge < -0.3 is 31.5 Å². The zero-order chi connectivity index (χ0) is 22.8. The average molecular weight is 434 g/mol. The van der Waals surface area contributed by atoms with Gasteiger partial charge in [-0.3, -0.25) is 19.2 Å². The van der Waals surface area contributed by atoms with Crippen LogP contribution in [-0.2, 0) is 30.4 Å². The highest BCUT2D eigenvalue weighted by Crippen LogP contribution is 2.06. The van der Waals surface area contributed by atoms with Crippen LogP contribution in [0.3, 0.4) is 0 Å². The standard InChI is InChI=1S/C20H26N4O7/c25-16(11-22-18(28)13-7-4-8-21-13)23-14(9-12-5-2-1-3-6-12)19(29)24-15(20(30)31)10-17(26)27/h1-3,5-6,13-15,21H,4,7-11H2,(H,22,28)(H,23,25)(H,24,29)(H,26,27)(H,30,31). The number of amides is 3. The van der Waals surface area contributed by atoms with Gasteiger partial charge in [0.05, 0.1) is 19.0 Å². The summed E-state index contributed by atoms with van der Waals surface area (Å²) >= 11 is 0. The first kappa shape index (κ1) is 23.8. The van der Waals surface area contributed by atoms with E-state index in [1.54, 1.807) is 30.3 Å². The number of carboxylic acid groups (broad SMARTS) is 2. The molecule has 1 fully saturated rings. The molecule has 0 saturated carbocycles. The number of aliphatic carboxylic acids is 2. The lowest BCUT2D eigenvalue weighted by atomic mass is 10.0. The Labute approximate surface area is 178 Å². The van der Waals surface area contributed by atoms with E-state index in [-0.39, 0.29) is 24.9 Å².